The van der Waals surface area contributed by atoms with E-state index in [4.69, 9.17) is 5.73 Å². The quantitative estimate of drug-likeness (QED) is 0.737. The number of carbonyl (C=O) groups is 2. The first-order valence-corrected chi connectivity index (χ1v) is 10.6. The van der Waals surface area contributed by atoms with Crippen LogP contribution in [0.25, 0.3) is 0 Å². The van der Waals surface area contributed by atoms with E-state index in [-0.39, 0.29) is 35.5 Å². The van der Waals surface area contributed by atoms with Crippen molar-refractivity contribution in [3.63, 3.8) is 0 Å². The molecule has 3 N–H and O–H groups in total. The van der Waals surface area contributed by atoms with Crippen LogP contribution in [0.3, 0.4) is 0 Å². The van der Waals surface area contributed by atoms with Crippen molar-refractivity contribution in [2.24, 2.45) is 16.6 Å². The van der Waals surface area contributed by atoms with Crippen LogP contribution in [-0.4, -0.2) is 50.6 Å². The van der Waals surface area contributed by atoms with Crippen molar-refractivity contribution in [2.75, 3.05) is 19.6 Å². The van der Waals surface area contributed by atoms with Gasteiger partial charge in [-0.15, -0.1) is 0 Å². The van der Waals surface area contributed by atoms with Crippen LogP contribution in [0.4, 0.5) is 0 Å². The lowest BCUT2D eigenvalue weighted by Gasteiger charge is -2.32. The molecule has 0 bridgehead atoms. The van der Waals surface area contributed by atoms with Crippen molar-refractivity contribution < 1.29 is 18.0 Å². The molecule has 2 aliphatic rings. The molecule has 146 valence electrons. The molecule has 27 heavy (non-hydrogen) atoms. The second kappa shape index (κ2) is 8.08. The van der Waals surface area contributed by atoms with Crippen molar-refractivity contribution in [1.82, 2.24) is 9.62 Å². The molecule has 0 saturated carbocycles. The molecule has 1 saturated heterocycles. The van der Waals surface area contributed by atoms with E-state index in [0.717, 1.165) is 12.8 Å². The van der Waals surface area contributed by atoms with Crippen LogP contribution in [0, 0.1) is 5.92 Å². The van der Waals surface area contributed by atoms with Gasteiger partial charge in [0.05, 0.1) is 11.4 Å². The van der Waals surface area contributed by atoms with Crippen LogP contribution in [-0.2, 0) is 19.6 Å². The van der Waals surface area contributed by atoms with E-state index in [1.165, 1.54) is 6.07 Å². The average molecular weight is 392 g/mol. The van der Waals surface area contributed by atoms with Crippen LogP contribution in [0.5, 0.6) is 0 Å². The standard InChI is InChI=1S/C18H24N4O4S/c19-16(23)8-7-13-4-3-11-22(12-13)17(24)9-10-20-18-14-5-1-2-6-15(14)27(25,26)21-18/h1-2,5-6,13H,3-4,7-12H2,(H2,19,23)(H,20,21). The fourth-order valence-electron chi connectivity index (χ4n) is 3.55. The molecule has 2 heterocycles. The summed E-state index contributed by atoms with van der Waals surface area (Å²) in [5, 5.41) is 0. The zero-order chi connectivity index (χ0) is 19.4. The lowest BCUT2D eigenvalue weighted by atomic mass is 9.93. The number of nitrogens with one attached hydrogen (secondary N) is 1. The van der Waals surface area contributed by atoms with Gasteiger partial charge < -0.3 is 10.6 Å². The third-order valence-corrected chi connectivity index (χ3v) is 6.33. The average Bonchev–Trinajstić information content (AvgIpc) is 2.91. The molecule has 9 heteroatoms. The van der Waals surface area contributed by atoms with E-state index < -0.39 is 10.0 Å². The van der Waals surface area contributed by atoms with E-state index >= 15 is 0 Å². The lowest BCUT2D eigenvalue weighted by molar-refractivity contribution is -0.132. The Hall–Kier alpha value is -2.42. The van der Waals surface area contributed by atoms with Crippen LogP contribution in [0.2, 0.25) is 0 Å². The Morgan fingerprint density at radius 3 is 2.81 bits per heavy atom. The maximum Gasteiger partial charge on any atom is 0.263 e. The van der Waals surface area contributed by atoms with Gasteiger partial charge in [-0.25, -0.2) is 8.42 Å². The topological polar surface area (TPSA) is 122 Å². The summed E-state index contributed by atoms with van der Waals surface area (Å²) in [5.74, 6) is 0.275. The number of fused-ring (bicyclic) bond motifs is 1. The molecule has 0 aromatic heterocycles. The summed E-state index contributed by atoms with van der Waals surface area (Å²) in [6.45, 7) is 1.56. The minimum Gasteiger partial charge on any atom is -0.370 e. The molecule has 8 nitrogen and oxygen atoms in total. The van der Waals surface area contributed by atoms with Crippen LogP contribution < -0.4 is 10.5 Å². The number of piperidine rings is 1. The van der Waals surface area contributed by atoms with Gasteiger partial charge in [0.25, 0.3) is 10.0 Å². The number of sulfonamides is 1. The maximum absolute atomic E-state index is 12.5. The zero-order valence-electron chi connectivity index (χ0n) is 15.1. The number of hydrogen-bond donors (Lipinski definition) is 2. The Morgan fingerprint density at radius 1 is 1.26 bits per heavy atom. The Morgan fingerprint density at radius 2 is 2.04 bits per heavy atom. The maximum atomic E-state index is 12.5. The van der Waals surface area contributed by atoms with Crippen LogP contribution in [0.1, 0.15) is 37.7 Å². The van der Waals surface area contributed by atoms with E-state index in [1.807, 2.05) is 4.90 Å². The Labute approximate surface area is 158 Å². The molecule has 1 atom stereocenters. The fraction of sp³-hybridized carbons (Fsp3) is 0.500. The molecule has 3 rings (SSSR count). The lowest BCUT2D eigenvalue weighted by Crippen LogP contribution is -2.40. The monoisotopic (exact) mass is 392 g/mol. The van der Waals surface area contributed by atoms with Gasteiger partial charge >= 0.3 is 0 Å². The number of amidine groups is 1. The predicted octanol–water partition coefficient (Wildman–Crippen LogP) is 0.619. The number of amides is 2. The van der Waals surface area contributed by atoms with Gasteiger partial charge in [-0.3, -0.25) is 19.3 Å². The number of aliphatic imine (C=N–C) groups is 1. The summed E-state index contributed by atoms with van der Waals surface area (Å²) < 4.78 is 26.5. The van der Waals surface area contributed by atoms with Gasteiger partial charge in [-0.1, -0.05) is 12.1 Å². The normalized spacial score (nSPS) is 22.3. The summed E-state index contributed by atoms with van der Waals surface area (Å²) >= 11 is 0. The molecule has 2 amide bonds. The second-order valence-corrected chi connectivity index (χ2v) is 8.59. The second-order valence-electron chi connectivity index (χ2n) is 6.93. The Kier molecular flexibility index (Phi) is 5.79. The number of rotatable bonds is 6. The Balaban J connectivity index is 1.55. The van der Waals surface area contributed by atoms with Crippen molar-refractivity contribution in [3.8, 4) is 0 Å². The minimum atomic E-state index is -3.56. The summed E-state index contributed by atoms with van der Waals surface area (Å²) in [7, 11) is -3.56. The van der Waals surface area contributed by atoms with E-state index in [9.17, 15) is 18.0 Å². The van der Waals surface area contributed by atoms with Gasteiger partial charge in [0, 0.05) is 31.5 Å². The first-order chi connectivity index (χ1) is 12.9. The molecule has 0 radical (unpaired) electrons. The summed E-state index contributed by atoms with van der Waals surface area (Å²) in [6.07, 6.45) is 3.19. The van der Waals surface area contributed by atoms with Crippen LogP contribution >= 0.6 is 0 Å². The number of benzene rings is 1. The van der Waals surface area contributed by atoms with Crippen molar-refractivity contribution >= 4 is 27.7 Å². The van der Waals surface area contributed by atoms with Crippen molar-refractivity contribution in [2.45, 2.75) is 37.0 Å². The molecular weight excluding hydrogens is 368 g/mol. The number of likely N-dealkylation sites (tertiary alicyclic amines) is 1. The van der Waals surface area contributed by atoms with Gasteiger partial charge in [-0.2, -0.15) is 0 Å². The molecule has 2 aliphatic heterocycles. The van der Waals surface area contributed by atoms with Crippen molar-refractivity contribution in [3.05, 3.63) is 29.8 Å². The van der Waals surface area contributed by atoms with E-state index in [2.05, 4.69) is 9.71 Å². The van der Waals surface area contributed by atoms with Gasteiger partial charge in [0.2, 0.25) is 11.8 Å². The Bertz CT molecular complexity index is 866. The summed E-state index contributed by atoms with van der Waals surface area (Å²) in [5.41, 5.74) is 5.74. The smallest absolute Gasteiger partial charge is 0.263 e. The van der Waals surface area contributed by atoms with Gasteiger partial charge in [-0.05, 0) is 37.3 Å². The first-order valence-electron chi connectivity index (χ1n) is 9.09. The first kappa shape index (κ1) is 19.3. The van der Waals surface area contributed by atoms with E-state index in [1.54, 1.807) is 18.2 Å². The molecule has 1 unspecified atom stereocenters. The highest BCUT2D eigenvalue weighted by Crippen LogP contribution is 2.23. The van der Waals surface area contributed by atoms with Crippen LogP contribution in [0.15, 0.2) is 34.2 Å². The summed E-state index contributed by atoms with van der Waals surface area (Å²) in [4.78, 5) is 29.7. The third kappa shape index (κ3) is 4.65. The third-order valence-electron chi connectivity index (χ3n) is 4.93. The zero-order valence-corrected chi connectivity index (χ0v) is 15.9. The number of carbonyl (C=O) groups excluding carboxylic acids is 2. The molecule has 0 spiro atoms. The minimum absolute atomic E-state index is 0.00253. The molecule has 1 aromatic carbocycles. The number of nitrogens with zero attached hydrogens (tertiary/aromatic N) is 2. The van der Waals surface area contributed by atoms with Gasteiger partial charge in [0.15, 0.2) is 0 Å². The highest BCUT2D eigenvalue weighted by atomic mass is 32.2. The summed E-state index contributed by atoms with van der Waals surface area (Å²) in [6, 6.07) is 6.64. The molecule has 1 fully saturated rings. The van der Waals surface area contributed by atoms with Crippen molar-refractivity contribution in [1.29, 1.82) is 0 Å². The molecular formula is C18H24N4O4S. The fourth-order valence-corrected chi connectivity index (χ4v) is 4.80. The largest absolute Gasteiger partial charge is 0.370 e. The molecule has 0 aliphatic carbocycles. The number of primary amides is 1. The SMILES string of the molecule is NC(=O)CCC1CCCN(C(=O)CCN=C2NS(=O)(=O)c3ccccc32)C1. The number of hydrogen-bond acceptors (Lipinski definition) is 5. The highest BCUT2D eigenvalue weighted by molar-refractivity contribution is 7.90. The van der Waals surface area contributed by atoms with Gasteiger partial charge in [0.1, 0.15) is 5.84 Å². The highest BCUT2D eigenvalue weighted by Gasteiger charge is 2.30. The van der Waals surface area contributed by atoms with E-state index in [0.29, 0.717) is 37.4 Å². The number of nitrogens with two attached hydrogens (primary N) is 1. The predicted molar refractivity (Wildman–Crippen MR) is 101 cm³/mol. The molecule has 1 aromatic rings.